The van der Waals surface area contributed by atoms with E-state index < -0.39 is 10.0 Å². The molecule has 4 nitrogen and oxygen atoms in total. The van der Waals surface area contributed by atoms with Gasteiger partial charge in [-0.05, 0) is 40.5 Å². The van der Waals surface area contributed by atoms with Crippen LogP contribution in [0.15, 0.2) is 45.9 Å². The SMILES string of the molecule is Cc1ccccc1S(=O)(=O)Nc1cnc(Cl)c(Br)c1. The molecular weight excluding hydrogens is 352 g/mol. The van der Waals surface area contributed by atoms with Crippen molar-refractivity contribution in [3.05, 3.63) is 51.7 Å². The Bertz CT molecular complexity index is 719. The average molecular weight is 362 g/mol. The van der Waals surface area contributed by atoms with Crippen molar-refractivity contribution in [2.24, 2.45) is 0 Å². The molecule has 0 saturated heterocycles. The first-order chi connectivity index (χ1) is 8.90. The Balaban J connectivity index is 2.37. The highest BCUT2D eigenvalue weighted by Crippen LogP contribution is 2.25. The van der Waals surface area contributed by atoms with Crippen LogP contribution in [0, 0.1) is 6.92 Å². The van der Waals surface area contributed by atoms with Crippen LogP contribution in [0.2, 0.25) is 5.15 Å². The molecule has 0 fully saturated rings. The lowest BCUT2D eigenvalue weighted by Gasteiger charge is -2.10. The maximum Gasteiger partial charge on any atom is 0.262 e. The Morgan fingerprint density at radius 2 is 2.00 bits per heavy atom. The molecule has 0 bridgehead atoms. The summed E-state index contributed by atoms with van der Waals surface area (Å²) in [7, 11) is -3.63. The smallest absolute Gasteiger partial charge is 0.262 e. The van der Waals surface area contributed by atoms with Crippen LogP contribution in [0.3, 0.4) is 0 Å². The predicted octanol–water partition coefficient (Wildman–Crippen LogP) is 3.61. The predicted molar refractivity (Wildman–Crippen MR) is 78.9 cm³/mol. The van der Waals surface area contributed by atoms with Crippen molar-refractivity contribution in [3.8, 4) is 0 Å². The lowest BCUT2D eigenvalue weighted by atomic mass is 10.2. The van der Waals surface area contributed by atoms with Gasteiger partial charge in [-0.15, -0.1) is 0 Å². The van der Waals surface area contributed by atoms with E-state index >= 15 is 0 Å². The molecule has 0 amide bonds. The van der Waals surface area contributed by atoms with E-state index in [2.05, 4.69) is 25.6 Å². The number of aromatic nitrogens is 1. The second-order valence-electron chi connectivity index (χ2n) is 3.87. The molecule has 1 aromatic heterocycles. The van der Waals surface area contributed by atoms with Gasteiger partial charge in [0.25, 0.3) is 10.0 Å². The first-order valence-corrected chi connectivity index (χ1v) is 7.95. The maximum absolute atomic E-state index is 12.2. The Labute approximate surface area is 125 Å². The number of nitrogens with one attached hydrogen (secondary N) is 1. The highest BCUT2D eigenvalue weighted by molar-refractivity contribution is 9.10. The van der Waals surface area contributed by atoms with Gasteiger partial charge in [0.15, 0.2) is 0 Å². The Morgan fingerprint density at radius 1 is 1.32 bits per heavy atom. The van der Waals surface area contributed by atoms with Crippen LogP contribution in [0.5, 0.6) is 0 Å². The zero-order valence-electron chi connectivity index (χ0n) is 9.89. The summed E-state index contributed by atoms with van der Waals surface area (Å²) < 4.78 is 27.5. The molecule has 0 atom stereocenters. The molecule has 0 aliphatic heterocycles. The molecule has 0 saturated carbocycles. The van der Waals surface area contributed by atoms with E-state index in [4.69, 9.17) is 11.6 Å². The minimum atomic E-state index is -3.63. The molecule has 0 unspecified atom stereocenters. The van der Waals surface area contributed by atoms with Crippen molar-refractivity contribution in [2.75, 3.05) is 4.72 Å². The molecule has 19 heavy (non-hydrogen) atoms. The Morgan fingerprint density at radius 3 is 2.63 bits per heavy atom. The van der Waals surface area contributed by atoms with E-state index in [1.807, 2.05) is 0 Å². The highest BCUT2D eigenvalue weighted by atomic mass is 79.9. The quantitative estimate of drug-likeness (QED) is 0.850. The number of halogens is 2. The number of benzene rings is 1. The molecule has 1 heterocycles. The standard InChI is InChI=1S/C12H10BrClN2O2S/c1-8-4-2-3-5-11(8)19(17,18)16-9-6-10(13)12(14)15-7-9/h2-7,16H,1H3. The van der Waals surface area contributed by atoms with Gasteiger partial charge in [-0.25, -0.2) is 13.4 Å². The maximum atomic E-state index is 12.2. The van der Waals surface area contributed by atoms with Crippen LogP contribution >= 0.6 is 27.5 Å². The molecule has 2 rings (SSSR count). The average Bonchev–Trinajstić information content (AvgIpc) is 2.34. The summed E-state index contributed by atoms with van der Waals surface area (Å²) in [5, 5.41) is 0.277. The van der Waals surface area contributed by atoms with Crippen LogP contribution in [-0.2, 0) is 10.0 Å². The molecule has 2 aromatic rings. The summed E-state index contributed by atoms with van der Waals surface area (Å²) in [4.78, 5) is 4.11. The van der Waals surface area contributed by atoms with Crippen molar-refractivity contribution >= 4 is 43.2 Å². The monoisotopic (exact) mass is 360 g/mol. The Kier molecular flexibility index (Phi) is 4.13. The van der Waals surface area contributed by atoms with Crippen molar-refractivity contribution in [1.29, 1.82) is 0 Å². The van der Waals surface area contributed by atoms with E-state index in [1.165, 1.54) is 6.20 Å². The minimum absolute atomic E-state index is 0.237. The first kappa shape index (κ1) is 14.3. The van der Waals surface area contributed by atoms with E-state index in [-0.39, 0.29) is 10.0 Å². The van der Waals surface area contributed by atoms with Crippen LogP contribution in [0.4, 0.5) is 5.69 Å². The minimum Gasteiger partial charge on any atom is -0.278 e. The van der Waals surface area contributed by atoms with Gasteiger partial charge in [-0.1, -0.05) is 29.8 Å². The van der Waals surface area contributed by atoms with Crippen molar-refractivity contribution < 1.29 is 8.42 Å². The summed E-state index contributed by atoms with van der Waals surface area (Å²) in [6.07, 6.45) is 1.36. The van der Waals surface area contributed by atoms with Crippen molar-refractivity contribution in [2.45, 2.75) is 11.8 Å². The second-order valence-corrected chi connectivity index (χ2v) is 6.73. The third-order valence-corrected chi connectivity index (χ3v) is 5.11. The van der Waals surface area contributed by atoms with Gasteiger partial charge in [0, 0.05) is 0 Å². The van der Waals surface area contributed by atoms with Gasteiger partial charge in [0.05, 0.1) is 21.3 Å². The van der Waals surface area contributed by atoms with Crippen LogP contribution in [0.1, 0.15) is 5.56 Å². The summed E-state index contributed by atoms with van der Waals surface area (Å²) >= 11 is 8.95. The van der Waals surface area contributed by atoms with Gasteiger partial charge in [-0.3, -0.25) is 4.72 Å². The van der Waals surface area contributed by atoms with Gasteiger partial charge >= 0.3 is 0 Å². The number of nitrogens with zero attached hydrogens (tertiary/aromatic N) is 1. The van der Waals surface area contributed by atoms with Gasteiger partial charge in [0.1, 0.15) is 5.15 Å². The number of anilines is 1. The first-order valence-electron chi connectivity index (χ1n) is 5.29. The van der Waals surface area contributed by atoms with E-state index in [0.29, 0.717) is 15.7 Å². The number of hydrogen-bond donors (Lipinski definition) is 1. The summed E-state index contributed by atoms with van der Waals surface area (Å²) in [6, 6.07) is 8.32. The number of rotatable bonds is 3. The van der Waals surface area contributed by atoms with Crippen LogP contribution < -0.4 is 4.72 Å². The third-order valence-electron chi connectivity index (χ3n) is 2.43. The fourth-order valence-electron chi connectivity index (χ4n) is 1.55. The molecule has 0 aliphatic carbocycles. The number of hydrogen-bond acceptors (Lipinski definition) is 3. The summed E-state index contributed by atoms with van der Waals surface area (Å²) in [5.41, 5.74) is 1.02. The molecular formula is C12H10BrClN2O2S. The summed E-state index contributed by atoms with van der Waals surface area (Å²) in [6.45, 7) is 1.74. The zero-order chi connectivity index (χ0) is 14.0. The van der Waals surface area contributed by atoms with Crippen LogP contribution in [0.25, 0.3) is 0 Å². The third kappa shape index (κ3) is 3.26. The second kappa shape index (κ2) is 5.48. The fourth-order valence-corrected chi connectivity index (χ4v) is 3.28. The van der Waals surface area contributed by atoms with Crippen LogP contribution in [-0.4, -0.2) is 13.4 Å². The number of aryl methyl sites for hydroxylation is 1. The van der Waals surface area contributed by atoms with Gasteiger partial charge in [-0.2, -0.15) is 0 Å². The number of pyridine rings is 1. The molecule has 7 heteroatoms. The summed E-state index contributed by atoms with van der Waals surface area (Å²) in [5.74, 6) is 0. The van der Waals surface area contributed by atoms with E-state index in [9.17, 15) is 8.42 Å². The Hall–Kier alpha value is -1.11. The molecule has 1 aromatic carbocycles. The van der Waals surface area contributed by atoms with Crippen molar-refractivity contribution in [1.82, 2.24) is 4.98 Å². The molecule has 0 radical (unpaired) electrons. The normalized spacial score (nSPS) is 11.3. The topological polar surface area (TPSA) is 59.1 Å². The molecule has 0 spiro atoms. The van der Waals surface area contributed by atoms with E-state index in [1.54, 1.807) is 37.3 Å². The van der Waals surface area contributed by atoms with Crippen molar-refractivity contribution in [3.63, 3.8) is 0 Å². The van der Waals surface area contributed by atoms with Gasteiger partial charge < -0.3 is 0 Å². The molecule has 0 aliphatic rings. The highest BCUT2D eigenvalue weighted by Gasteiger charge is 2.16. The fraction of sp³-hybridized carbons (Fsp3) is 0.0833. The number of sulfonamides is 1. The largest absolute Gasteiger partial charge is 0.278 e. The lowest BCUT2D eigenvalue weighted by molar-refractivity contribution is 0.600. The lowest BCUT2D eigenvalue weighted by Crippen LogP contribution is -2.14. The molecule has 100 valence electrons. The zero-order valence-corrected chi connectivity index (χ0v) is 13.1. The van der Waals surface area contributed by atoms with Gasteiger partial charge in [0.2, 0.25) is 0 Å². The molecule has 1 N–H and O–H groups in total. The van der Waals surface area contributed by atoms with E-state index in [0.717, 1.165) is 0 Å².